The number of nitrogens with two attached hydrogens (primary N) is 3. The maximum atomic E-state index is 13.3. The number of halogens is 1. The highest BCUT2D eigenvalue weighted by Gasteiger charge is 2.26. The monoisotopic (exact) mass is 971 g/mol. The number of aliphatic imine (C=N–C) groups is 1. The number of alkyl halides is 1. The van der Waals surface area contributed by atoms with Crippen molar-refractivity contribution < 1.29 is 53.4 Å². The van der Waals surface area contributed by atoms with Crippen LogP contribution in [0.1, 0.15) is 61.3 Å². The minimum Gasteiger partial charge on any atom is -0.480 e. The van der Waals surface area contributed by atoms with Gasteiger partial charge in [-0.05, 0) is 24.6 Å². The van der Waals surface area contributed by atoms with Crippen molar-refractivity contribution in [2.24, 2.45) is 50.4 Å². The molecule has 0 bridgehead atoms. The molecule has 28 heteroatoms. The molecular weight excluding hydrogens is 922 g/mol. The number of guanidine groups is 1. The van der Waals surface area contributed by atoms with E-state index in [4.69, 9.17) is 39.0 Å². The van der Waals surface area contributed by atoms with E-state index in [1.807, 2.05) is 0 Å². The number of thioether (sulfide) groups is 1. The normalized spacial score (nSPS) is 12.2. The van der Waals surface area contributed by atoms with E-state index in [9.17, 15) is 43.2 Å². The summed E-state index contributed by atoms with van der Waals surface area (Å²) in [5, 5.41) is 31.8. The number of hydrogen-bond acceptors (Lipinski definition) is 13. The van der Waals surface area contributed by atoms with Gasteiger partial charge in [-0.25, -0.2) is 4.98 Å². The van der Waals surface area contributed by atoms with Crippen LogP contribution in [0, 0.1) is 0 Å². The Morgan fingerprint density at radius 3 is 1.81 bits per heavy atom. The zero-order valence-corrected chi connectivity index (χ0v) is 38.1. The Bertz CT molecular complexity index is 2580. The van der Waals surface area contributed by atoms with Crippen molar-refractivity contribution in [1.82, 2.24) is 33.9 Å². The van der Waals surface area contributed by atoms with Gasteiger partial charge in [0.2, 0.25) is 23.5 Å². The molecule has 6 amide bonds. The van der Waals surface area contributed by atoms with Gasteiger partial charge in [-0.3, -0.25) is 48.1 Å². The third kappa shape index (κ3) is 15.2. The fourth-order valence-corrected chi connectivity index (χ4v) is 7.36. The first kappa shape index (κ1) is 52.0. The van der Waals surface area contributed by atoms with E-state index in [0.29, 0.717) is 17.1 Å². The van der Waals surface area contributed by atoms with E-state index < -0.39 is 71.4 Å². The van der Waals surface area contributed by atoms with E-state index in [2.05, 4.69) is 41.9 Å². The molecule has 0 fully saturated rings. The number of carboxylic acid groups (broad SMARTS) is 2. The maximum Gasteiger partial charge on any atom is 0.322 e. The summed E-state index contributed by atoms with van der Waals surface area (Å²) in [6.45, 7) is -0.618. The van der Waals surface area contributed by atoms with Crippen molar-refractivity contribution in [3.63, 3.8) is 0 Å². The average Bonchev–Trinajstić information content (AvgIpc) is 4.02. The highest BCUT2D eigenvalue weighted by molar-refractivity contribution is 7.99. The van der Waals surface area contributed by atoms with Gasteiger partial charge in [0.25, 0.3) is 17.7 Å². The first-order chi connectivity index (χ1) is 31.5. The Balaban J connectivity index is 1.30. The van der Waals surface area contributed by atoms with Crippen molar-refractivity contribution >= 4 is 105 Å². The lowest BCUT2D eigenvalue weighted by molar-refractivity contribution is -0.139. The lowest BCUT2D eigenvalue weighted by Gasteiger charge is -2.19. The molecule has 4 heterocycles. The smallest absolute Gasteiger partial charge is 0.322 e. The minimum atomic E-state index is -1.33. The molecule has 0 aliphatic rings. The number of anilines is 4. The first-order valence-corrected chi connectivity index (χ1v) is 21.5. The summed E-state index contributed by atoms with van der Waals surface area (Å²) >= 11 is 7.29. The van der Waals surface area contributed by atoms with Gasteiger partial charge in [-0.1, -0.05) is 0 Å². The van der Waals surface area contributed by atoms with Crippen LogP contribution in [0.25, 0.3) is 0 Å². The highest BCUT2D eigenvalue weighted by atomic mass is 35.5. The number of carbonyl (C=O) groups is 9. The van der Waals surface area contributed by atoms with Gasteiger partial charge in [0, 0.05) is 77.3 Å². The second-order valence-electron chi connectivity index (χ2n) is 14.8. The second-order valence-corrected chi connectivity index (χ2v) is 16.4. The maximum absolute atomic E-state index is 13.3. The Hall–Kier alpha value is -7.65. The summed E-state index contributed by atoms with van der Waals surface area (Å²) in [7, 11) is 6.34. The van der Waals surface area contributed by atoms with Crippen LogP contribution < -0.4 is 49.1 Å². The number of nitrogens with one attached hydrogen (secondary N) is 6. The molecule has 4 aromatic rings. The molecule has 26 nitrogen and oxygen atoms in total. The number of rotatable bonds is 24. The summed E-state index contributed by atoms with van der Waals surface area (Å²) in [6.07, 6.45) is 5.46. The molecule has 67 heavy (non-hydrogen) atoms. The van der Waals surface area contributed by atoms with Crippen LogP contribution >= 0.6 is 23.4 Å². The third-order valence-corrected chi connectivity index (χ3v) is 11.1. The summed E-state index contributed by atoms with van der Waals surface area (Å²) in [4.78, 5) is 120. The molecule has 360 valence electrons. The number of amides is 6. The summed E-state index contributed by atoms with van der Waals surface area (Å²) in [6, 6.07) is 1.83. The Morgan fingerprint density at radius 1 is 0.731 bits per heavy atom. The number of aliphatic carboxylic acids is 2. The number of carbonyl (C=O) groups excluding carboxylic acids is 7. The molecule has 4 aromatic heterocycles. The van der Waals surface area contributed by atoms with Gasteiger partial charge in [0.1, 0.15) is 35.4 Å². The number of nitrogens with zero attached hydrogens (tertiary/aromatic N) is 6. The lowest BCUT2D eigenvalue weighted by Crippen LogP contribution is -2.49. The largest absolute Gasteiger partial charge is 0.480 e. The molecule has 0 saturated heterocycles. The Kier molecular flexibility index (Phi) is 18.2. The summed E-state index contributed by atoms with van der Waals surface area (Å²) in [5.41, 5.74) is 17.6. The van der Waals surface area contributed by atoms with Crippen LogP contribution in [0.5, 0.6) is 0 Å². The van der Waals surface area contributed by atoms with Crippen molar-refractivity contribution in [3.8, 4) is 0 Å². The van der Waals surface area contributed by atoms with Crippen LogP contribution in [-0.2, 0) is 52.2 Å². The van der Waals surface area contributed by atoms with Gasteiger partial charge in [-0.15, -0.1) is 11.6 Å². The lowest BCUT2D eigenvalue weighted by atomic mass is 10.1. The van der Waals surface area contributed by atoms with Crippen molar-refractivity contribution in [2.45, 2.75) is 36.7 Å². The number of Topliss-reactive ketones (excluding diaryl/α,β-unsaturated/α-hetero) is 1. The van der Waals surface area contributed by atoms with E-state index in [0.717, 1.165) is 11.8 Å². The number of hydrogen-bond donors (Lipinski definition) is 11. The van der Waals surface area contributed by atoms with E-state index in [-0.39, 0.29) is 77.8 Å². The quantitative estimate of drug-likeness (QED) is 0.0177. The predicted molar refractivity (Wildman–Crippen MR) is 246 cm³/mol. The fourth-order valence-electron chi connectivity index (χ4n) is 6.07. The molecule has 0 saturated carbocycles. The van der Waals surface area contributed by atoms with Crippen molar-refractivity contribution in [3.05, 3.63) is 65.9 Å². The van der Waals surface area contributed by atoms with Crippen LogP contribution in [0.4, 0.5) is 22.9 Å². The van der Waals surface area contributed by atoms with Crippen LogP contribution in [0.15, 0.2) is 48.0 Å². The van der Waals surface area contributed by atoms with Gasteiger partial charge >= 0.3 is 11.9 Å². The summed E-state index contributed by atoms with van der Waals surface area (Å²) < 4.78 is 5.87. The van der Waals surface area contributed by atoms with Crippen LogP contribution in [0.2, 0.25) is 0 Å². The van der Waals surface area contributed by atoms with E-state index >= 15 is 0 Å². The SMILES string of the molecule is Cn1cc(NC(=O)c2cc(NC(=O)c3cc(NC(=O)c4nc(NC(=O)C(Cl)CSCC(NC(=O)CCC(N)C(=O)O)C(=O)NCC(=O)O)cn4C)cn3C)cn2C)cc1C(=O)CCN=C(N)N. The highest BCUT2D eigenvalue weighted by Crippen LogP contribution is 2.21. The molecular formula is C39H50ClN15O11S. The average molecular weight is 972 g/mol. The van der Waals surface area contributed by atoms with Gasteiger partial charge in [-0.2, -0.15) is 11.8 Å². The number of aromatic nitrogens is 5. The zero-order chi connectivity index (χ0) is 49.7. The van der Waals surface area contributed by atoms with Crippen molar-refractivity contribution in [2.75, 3.05) is 45.9 Å². The molecule has 3 unspecified atom stereocenters. The minimum absolute atomic E-state index is 0.0327. The molecule has 0 aliphatic carbocycles. The standard InChI is InChI=1S/C39H50ClN15O11S/c1-52-13-19(9-25(52)28(56)7-8-44-39(42)43)46-35(62)26-10-20(14-53(26)2)47-36(63)27-11-21(15-54(27)3)48-37(64)32-50-29(16-55(32)4)51-33(60)22(40)17-67-18-24(34(61)45-12-31(58)59)49-30(57)6-5-23(41)38(65)66/h9-11,13-16,22-24H,5-8,12,17-18,41H2,1-4H3,(H,45,61)(H,46,62)(H,47,63)(H,48,64)(H,49,57)(H,51,60)(H,58,59)(H,65,66)(H4,42,43,44). The van der Waals surface area contributed by atoms with E-state index in [1.54, 1.807) is 31.9 Å². The summed E-state index contributed by atoms with van der Waals surface area (Å²) in [5.74, 6) is -7.45. The molecule has 3 atom stereocenters. The molecule has 0 radical (unpaired) electrons. The van der Waals surface area contributed by atoms with Crippen LogP contribution in [-0.4, -0.2) is 135 Å². The molecule has 0 aromatic carbocycles. The van der Waals surface area contributed by atoms with E-state index in [1.165, 1.54) is 57.5 Å². The second kappa shape index (κ2) is 23.5. The number of aryl methyl sites for hydroxylation is 4. The molecule has 0 spiro atoms. The van der Waals surface area contributed by atoms with Crippen LogP contribution in [0.3, 0.4) is 0 Å². The molecule has 14 N–H and O–H groups in total. The Labute approximate surface area is 390 Å². The predicted octanol–water partition coefficient (Wildman–Crippen LogP) is -0.804. The first-order valence-electron chi connectivity index (χ1n) is 19.9. The third-order valence-electron chi connectivity index (χ3n) is 9.40. The number of carboxylic acids is 2. The number of imidazole rings is 1. The Morgan fingerprint density at radius 2 is 1.27 bits per heavy atom. The zero-order valence-electron chi connectivity index (χ0n) is 36.5. The number of ketones is 1. The fraction of sp³-hybridized carbons (Fsp3) is 0.359. The van der Waals surface area contributed by atoms with Crippen molar-refractivity contribution in [1.29, 1.82) is 0 Å². The molecule has 4 rings (SSSR count). The van der Waals surface area contributed by atoms with Gasteiger partial charge in [0.15, 0.2) is 17.6 Å². The topological polar surface area (TPSA) is 389 Å². The van der Waals surface area contributed by atoms with Gasteiger partial charge < -0.3 is 77.6 Å². The molecule has 0 aliphatic heterocycles. The van der Waals surface area contributed by atoms with Gasteiger partial charge in [0.05, 0.1) is 29.3 Å².